The van der Waals surface area contributed by atoms with E-state index in [0.717, 1.165) is 25.0 Å². The molecule has 2 heterocycles. The third-order valence-corrected chi connectivity index (χ3v) is 6.05. The van der Waals surface area contributed by atoms with Crippen molar-refractivity contribution in [1.29, 1.82) is 5.26 Å². The molecule has 0 aliphatic carbocycles. The van der Waals surface area contributed by atoms with Crippen LogP contribution in [0.1, 0.15) is 24.0 Å². The van der Waals surface area contributed by atoms with Crippen molar-refractivity contribution >= 4 is 34.3 Å². The highest BCUT2D eigenvalue weighted by Crippen LogP contribution is 2.26. The van der Waals surface area contributed by atoms with E-state index in [-0.39, 0.29) is 11.7 Å². The van der Waals surface area contributed by atoms with Crippen LogP contribution in [-0.4, -0.2) is 22.3 Å². The Balaban J connectivity index is 1.73. The number of hydrogen-bond donors (Lipinski definition) is 0. The molecule has 4 rings (SSSR count). The first kappa shape index (κ1) is 19.0. The highest BCUT2D eigenvalue weighted by Gasteiger charge is 2.20. The van der Waals surface area contributed by atoms with Gasteiger partial charge >= 0.3 is 0 Å². The van der Waals surface area contributed by atoms with Crippen molar-refractivity contribution in [2.45, 2.75) is 36.4 Å². The van der Waals surface area contributed by atoms with E-state index in [9.17, 15) is 10.1 Å². The summed E-state index contributed by atoms with van der Waals surface area (Å²) in [5.74, 6) is 0.549. The quantitative estimate of drug-likeness (QED) is 0.460. The molecule has 28 heavy (non-hydrogen) atoms. The average Bonchev–Trinajstić information content (AvgIpc) is 3.22. The van der Waals surface area contributed by atoms with Gasteiger partial charge in [0.2, 0.25) is 0 Å². The normalized spacial score (nSPS) is 16.4. The van der Waals surface area contributed by atoms with Crippen LogP contribution < -0.4 is 5.56 Å². The van der Waals surface area contributed by atoms with E-state index in [0.29, 0.717) is 38.9 Å². The second kappa shape index (κ2) is 8.36. The van der Waals surface area contributed by atoms with Crippen molar-refractivity contribution in [2.75, 3.05) is 6.61 Å². The zero-order valence-electron chi connectivity index (χ0n) is 15.1. The summed E-state index contributed by atoms with van der Waals surface area (Å²) in [6.07, 6.45) is 1.97. The zero-order valence-corrected chi connectivity index (χ0v) is 16.7. The van der Waals surface area contributed by atoms with Crippen molar-refractivity contribution in [1.82, 2.24) is 9.55 Å². The molecule has 1 atom stereocenters. The first-order chi connectivity index (χ1) is 13.7. The molecule has 1 aromatic heterocycles. The Bertz CT molecular complexity index is 1120. The van der Waals surface area contributed by atoms with Crippen LogP contribution in [0.25, 0.3) is 10.9 Å². The molecule has 142 valence electrons. The summed E-state index contributed by atoms with van der Waals surface area (Å²) < 4.78 is 7.44. The van der Waals surface area contributed by atoms with Crippen molar-refractivity contribution in [3.63, 3.8) is 0 Å². The van der Waals surface area contributed by atoms with Crippen molar-refractivity contribution < 1.29 is 4.74 Å². The molecular weight excluding hydrogens is 394 g/mol. The van der Waals surface area contributed by atoms with Gasteiger partial charge in [0, 0.05) is 17.4 Å². The first-order valence-electron chi connectivity index (χ1n) is 9.08. The summed E-state index contributed by atoms with van der Waals surface area (Å²) in [7, 11) is 0. The van der Waals surface area contributed by atoms with Gasteiger partial charge in [-0.2, -0.15) is 5.26 Å². The van der Waals surface area contributed by atoms with Gasteiger partial charge in [-0.3, -0.25) is 9.36 Å². The number of rotatable bonds is 5. The lowest BCUT2D eigenvalue weighted by atomic mass is 10.1. The molecule has 0 radical (unpaired) electrons. The molecule has 0 saturated carbocycles. The second-order valence-electron chi connectivity index (χ2n) is 6.66. The maximum atomic E-state index is 13.1. The Morgan fingerprint density at radius 3 is 2.96 bits per heavy atom. The summed E-state index contributed by atoms with van der Waals surface area (Å²) in [6.45, 7) is 1.21. The number of nitrogens with zero attached hydrogens (tertiary/aromatic N) is 3. The number of thioether (sulfide) groups is 1. The Morgan fingerprint density at radius 1 is 1.32 bits per heavy atom. The molecule has 0 unspecified atom stereocenters. The van der Waals surface area contributed by atoms with Gasteiger partial charge in [0.15, 0.2) is 5.16 Å². The number of halogens is 1. The lowest BCUT2D eigenvalue weighted by molar-refractivity contribution is 0.0937. The predicted octanol–water partition coefficient (Wildman–Crippen LogP) is 4.39. The lowest BCUT2D eigenvalue weighted by Gasteiger charge is -2.16. The van der Waals surface area contributed by atoms with Gasteiger partial charge in [0.1, 0.15) is 0 Å². The van der Waals surface area contributed by atoms with E-state index in [1.165, 1.54) is 11.8 Å². The first-order valence-corrected chi connectivity index (χ1v) is 10.4. The molecule has 7 heteroatoms. The summed E-state index contributed by atoms with van der Waals surface area (Å²) in [5.41, 5.74) is 2.04. The van der Waals surface area contributed by atoms with Crippen molar-refractivity contribution in [3.8, 4) is 6.07 Å². The molecule has 2 aromatic carbocycles. The maximum Gasteiger partial charge on any atom is 0.262 e. The Labute approximate surface area is 171 Å². The maximum absolute atomic E-state index is 13.1. The Morgan fingerprint density at radius 2 is 2.18 bits per heavy atom. The summed E-state index contributed by atoms with van der Waals surface area (Å²) >= 11 is 7.55. The summed E-state index contributed by atoms with van der Waals surface area (Å²) in [5, 5.41) is 11.0. The molecule has 0 bridgehead atoms. The van der Waals surface area contributed by atoms with Gasteiger partial charge < -0.3 is 4.74 Å². The van der Waals surface area contributed by atoms with E-state index in [2.05, 4.69) is 6.07 Å². The fourth-order valence-electron chi connectivity index (χ4n) is 3.33. The SMILES string of the molecule is N#Cc1ccccc1CSc1nc2cc(Cl)ccc2c(=O)n1C[C@H]1CCCO1. The minimum atomic E-state index is -0.0896. The Kier molecular flexibility index (Phi) is 5.67. The largest absolute Gasteiger partial charge is 0.376 e. The molecule has 5 nitrogen and oxygen atoms in total. The van der Waals surface area contributed by atoms with E-state index in [1.54, 1.807) is 28.8 Å². The molecule has 1 aliphatic heterocycles. The van der Waals surface area contributed by atoms with E-state index in [1.807, 2.05) is 18.2 Å². The minimum absolute atomic E-state index is 0.0231. The minimum Gasteiger partial charge on any atom is -0.376 e. The predicted molar refractivity (Wildman–Crippen MR) is 111 cm³/mol. The third kappa shape index (κ3) is 3.93. The van der Waals surface area contributed by atoms with Crippen LogP contribution in [0, 0.1) is 11.3 Å². The fourth-order valence-corrected chi connectivity index (χ4v) is 4.51. The zero-order chi connectivity index (χ0) is 19.5. The molecule has 1 fully saturated rings. The van der Waals surface area contributed by atoms with Gasteiger partial charge in [-0.15, -0.1) is 0 Å². The van der Waals surface area contributed by atoms with Gasteiger partial charge in [-0.05, 0) is 42.7 Å². The number of ether oxygens (including phenoxy) is 1. The van der Waals surface area contributed by atoms with Gasteiger partial charge in [-0.1, -0.05) is 41.6 Å². The van der Waals surface area contributed by atoms with Gasteiger partial charge in [0.05, 0.1) is 35.2 Å². The topological polar surface area (TPSA) is 67.9 Å². The van der Waals surface area contributed by atoms with Gasteiger partial charge in [0.25, 0.3) is 5.56 Å². The molecular formula is C21H18ClN3O2S. The van der Waals surface area contributed by atoms with Crippen LogP contribution in [-0.2, 0) is 17.0 Å². The van der Waals surface area contributed by atoms with Crippen molar-refractivity contribution in [3.05, 3.63) is 69.0 Å². The molecule has 1 saturated heterocycles. The molecule has 0 spiro atoms. The van der Waals surface area contributed by atoms with Crippen LogP contribution in [0.3, 0.4) is 0 Å². The summed E-state index contributed by atoms with van der Waals surface area (Å²) in [6, 6.07) is 14.8. The number of aromatic nitrogens is 2. The van der Waals surface area contributed by atoms with Crippen LogP contribution in [0.15, 0.2) is 52.4 Å². The van der Waals surface area contributed by atoms with Crippen LogP contribution >= 0.6 is 23.4 Å². The summed E-state index contributed by atoms with van der Waals surface area (Å²) in [4.78, 5) is 17.9. The molecule has 0 amide bonds. The molecule has 1 aliphatic rings. The lowest BCUT2D eigenvalue weighted by Crippen LogP contribution is -2.28. The highest BCUT2D eigenvalue weighted by molar-refractivity contribution is 7.98. The monoisotopic (exact) mass is 411 g/mol. The highest BCUT2D eigenvalue weighted by atomic mass is 35.5. The number of fused-ring (bicyclic) bond motifs is 1. The van der Waals surface area contributed by atoms with E-state index >= 15 is 0 Å². The van der Waals surface area contributed by atoms with Gasteiger partial charge in [-0.25, -0.2) is 4.98 Å². The number of nitriles is 1. The molecule has 3 aromatic rings. The third-order valence-electron chi connectivity index (χ3n) is 4.79. The van der Waals surface area contributed by atoms with Crippen LogP contribution in [0.5, 0.6) is 0 Å². The van der Waals surface area contributed by atoms with Crippen LogP contribution in [0.4, 0.5) is 0 Å². The van der Waals surface area contributed by atoms with Crippen LogP contribution in [0.2, 0.25) is 5.02 Å². The second-order valence-corrected chi connectivity index (χ2v) is 8.04. The Hall–Kier alpha value is -2.33. The number of hydrogen-bond acceptors (Lipinski definition) is 5. The van der Waals surface area contributed by atoms with E-state index < -0.39 is 0 Å². The average molecular weight is 412 g/mol. The number of benzene rings is 2. The smallest absolute Gasteiger partial charge is 0.262 e. The standard InChI is InChI=1S/C21H18ClN3O2S/c22-16-7-8-18-19(10-16)24-21(25(20(18)26)12-17-6-3-9-27-17)28-13-15-5-2-1-4-14(15)11-23/h1-2,4-5,7-8,10,17H,3,6,9,12-13H2/t17-/m1/s1. The fraction of sp³-hybridized carbons (Fsp3) is 0.286. The molecule has 0 N–H and O–H groups in total. The van der Waals surface area contributed by atoms with Crippen molar-refractivity contribution in [2.24, 2.45) is 0 Å². The van der Waals surface area contributed by atoms with E-state index in [4.69, 9.17) is 21.3 Å².